The Labute approximate surface area is 214 Å². The predicted molar refractivity (Wildman–Crippen MR) is 146 cm³/mol. The highest BCUT2D eigenvalue weighted by atomic mass is 127. The van der Waals surface area contributed by atoms with E-state index in [2.05, 4.69) is 58.8 Å². The number of anilines is 1. The van der Waals surface area contributed by atoms with Crippen molar-refractivity contribution in [3.8, 4) is 5.75 Å². The molecule has 1 aliphatic heterocycles. The summed E-state index contributed by atoms with van der Waals surface area (Å²) in [6.45, 7) is 5.51. The lowest BCUT2D eigenvalue weighted by atomic mass is 10.1. The molecule has 0 aromatic heterocycles. The molecule has 0 saturated carbocycles. The summed E-state index contributed by atoms with van der Waals surface area (Å²) in [6.07, 6.45) is 1.83. The molecular weight excluding hydrogens is 529 g/mol. The molecule has 2 N–H and O–H groups in total. The monoisotopic (exact) mass is 565 g/mol. The summed E-state index contributed by atoms with van der Waals surface area (Å²) in [5.74, 6) is 1.56. The minimum atomic E-state index is -0.000169. The Bertz CT molecular complexity index is 893. The Morgan fingerprint density at radius 1 is 1.12 bits per heavy atom. The molecule has 180 valence electrons. The molecule has 1 amide bonds. The summed E-state index contributed by atoms with van der Waals surface area (Å²) in [5, 5.41) is 6.74. The zero-order valence-corrected chi connectivity index (χ0v) is 22.1. The van der Waals surface area contributed by atoms with Gasteiger partial charge in [-0.05, 0) is 44.5 Å². The van der Waals surface area contributed by atoms with Gasteiger partial charge in [-0.2, -0.15) is 0 Å². The van der Waals surface area contributed by atoms with Crippen LogP contribution in [0.1, 0.15) is 25.3 Å². The van der Waals surface area contributed by atoms with Crippen molar-refractivity contribution in [3.05, 3.63) is 60.2 Å². The first-order chi connectivity index (χ1) is 15.6. The normalized spacial score (nSPS) is 14.2. The van der Waals surface area contributed by atoms with Crippen molar-refractivity contribution in [1.82, 2.24) is 15.5 Å². The largest absolute Gasteiger partial charge is 0.482 e. The van der Waals surface area contributed by atoms with E-state index >= 15 is 0 Å². The minimum Gasteiger partial charge on any atom is -0.482 e. The van der Waals surface area contributed by atoms with Crippen molar-refractivity contribution >= 4 is 41.5 Å². The molecule has 2 aromatic rings. The van der Waals surface area contributed by atoms with Gasteiger partial charge in [0.1, 0.15) is 5.75 Å². The fourth-order valence-electron chi connectivity index (χ4n) is 3.71. The molecular formula is C25H36IN5O2. The number of aliphatic imine (C=N–C) groups is 1. The van der Waals surface area contributed by atoms with E-state index in [1.807, 2.05) is 30.3 Å². The van der Waals surface area contributed by atoms with Gasteiger partial charge in [0.2, 0.25) is 0 Å². The molecule has 33 heavy (non-hydrogen) atoms. The predicted octanol–water partition coefficient (Wildman–Crippen LogP) is 3.50. The van der Waals surface area contributed by atoms with E-state index < -0.39 is 0 Å². The third-order valence-corrected chi connectivity index (χ3v) is 5.76. The number of guanidine groups is 1. The van der Waals surface area contributed by atoms with Gasteiger partial charge in [-0.3, -0.25) is 14.7 Å². The molecule has 0 bridgehead atoms. The number of fused-ring (bicyclic) bond motifs is 1. The van der Waals surface area contributed by atoms with Gasteiger partial charge in [-0.1, -0.05) is 42.5 Å². The molecule has 0 saturated heterocycles. The molecule has 1 unspecified atom stereocenters. The highest BCUT2D eigenvalue weighted by molar-refractivity contribution is 14.0. The Kier molecular flexibility index (Phi) is 11.5. The number of nitrogens with one attached hydrogen (secondary N) is 2. The number of para-hydroxylation sites is 2. The van der Waals surface area contributed by atoms with E-state index in [1.165, 1.54) is 5.56 Å². The van der Waals surface area contributed by atoms with Crippen LogP contribution in [-0.4, -0.2) is 63.1 Å². The van der Waals surface area contributed by atoms with Gasteiger partial charge >= 0.3 is 0 Å². The van der Waals surface area contributed by atoms with Gasteiger partial charge in [-0.25, -0.2) is 0 Å². The van der Waals surface area contributed by atoms with Crippen LogP contribution in [0.2, 0.25) is 0 Å². The molecule has 0 fully saturated rings. The van der Waals surface area contributed by atoms with Crippen molar-refractivity contribution in [3.63, 3.8) is 0 Å². The number of halogens is 1. The van der Waals surface area contributed by atoms with Crippen LogP contribution in [0, 0.1) is 0 Å². The Hall–Kier alpha value is -2.33. The van der Waals surface area contributed by atoms with Crippen LogP contribution in [0.15, 0.2) is 59.6 Å². The van der Waals surface area contributed by atoms with Crippen LogP contribution < -0.4 is 20.3 Å². The third-order valence-electron chi connectivity index (χ3n) is 5.76. The second kappa shape index (κ2) is 14.0. The van der Waals surface area contributed by atoms with Crippen molar-refractivity contribution in [1.29, 1.82) is 0 Å². The Morgan fingerprint density at radius 2 is 1.82 bits per heavy atom. The number of rotatable bonds is 10. The van der Waals surface area contributed by atoms with Crippen LogP contribution >= 0.6 is 24.0 Å². The molecule has 2 aromatic carbocycles. The van der Waals surface area contributed by atoms with Crippen LogP contribution in [0.3, 0.4) is 0 Å². The topological polar surface area (TPSA) is 69.2 Å². The number of hydrogen-bond acceptors (Lipinski definition) is 4. The first-order valence-electron chi connectivity index (χ1n) is 11.3. The molecule has 1 aliphatic rings. The van der Waals surface area contributed by atoms with E-state index in [4.69, 9.17) is 4.74 Å². The summed E-state index contributed by atoms with van der Waals surface area (Å²) >= 11 is 0. The second-order valence-electron chi connectivity index (χ2n) is 8.12. The second-order valence-corrected chi connectivity index (χ2v) is 8.12. The maximum atomic E-state index is 12.3. The summed E-state index contributed by atoms with van der Waals surface area (Å²) in [5.41, 5.74) is 2.17. The summed E-state index contributed by atoms with van der Waals surface area (Å²) in [4.78, 5) is 20.7. The minimum absolute atomic E-state index is 0. The number of benzene rings is 2. The highest BCUT2D eigenvalue weighted by Gasteiger charge is 2.24. The maximum absolute atomic E-state index is 12.3. The van der Waals surface area contributed by atoms with Gasteiger partial charge in [0.15, 0.2) is 12.6 Å². The molecule has 8 heteroatoms. The van der Waals surface area contributed by atoms with Crippen LogP contribution in [0.25, 0.3) is 0 Å². The number of nitrogens with zero attached hydrogens (tertiary/aromatic N) is 3. The van der Waals surface area contributed by atoms with Gasteiger partial charge in [0.05, 0.1) is 5.69 Å². The lowest BCUT2D eigenvalue weighted by Crippen LogP contribution is -2.42. The van der Waals surface area contributed by atoms with Crippen LogP contribution in [0.5, 0.6) is 5.75 Å². The summed E-state index contributed by atoms with van der Waals surface area (Å²) in [7, 11) is 3.94. The molecule has 0 aliphatic carbocycles. The maximum Gasteiger partial charge on any atom is 0.265 e. The first-order valence-corrected chi connectivity index (χ1v) is 11.3. The van der Waals surface area contributed by atoms with Gasteiger partial charge in [0, 0.05) is 39.3 Å². The van der Waals surface area contributed by atoms with E-state index in [9.17, 15) is 4.79 Å². The number of carbonyl (C=O) groups is 1. The van der Waals surface area contributed by atoms with E-state index in [-0.39, 0.29) is 36.5 Å². The number of carbonyl (C=O) groups excluding carboxylic acids is 1. The third kappa shape index (κ3) is 8.19. The lowest BCUT2D eigenvalue weighted by molar-refractivity contribution is -0.121. The zero-order chi connectivity index (χ0) is 22.8. The van der Waals surface area contributed by atoms with E-state index in [0.717, 1.165) is 49.9 Å². The standard InChI is InChI=1S/C25H35N5O2.HI/c1-20(29(3)18-21-10-5-4-6-11-21)14-16-28-25(26-2)27-15-9-17-30-22-12-7-8-13-23(22)32-19-24(30)31;/h4-8,10-13,20H,9,14-19H2,1-3H3,(H2,26,27,28);1H. The quantitative estimate of drug-likeness (QED) is 0.200. The van der Waals surface area contributed by atoms with E-state index in [1.54, 1.807) is 11.9 Å². The molecule has 7 nitrogen and oxygen atoms in total. The smallest absolute Gasteiger partial charge is 0.265 e. The fraction of sp³-hybridized carbons (Fsp3) is 0.440. The molecule has 0 radical (unpaired) electrons. The lowest BCUT2D eigenvalue weighted by Gasteiger charge is -2.29. The average molecular weight is 566 g/mol. The first kappa shape index (κ1) is 26.9. The molecule has 0 spiro atoms. The van der Waals surface area contributed by atoms with Gasteiger partial charge < -0.3 is 20.3 Å². The number of ether oxygens (including phenoxy) is 1. The Balaban J connectivity index is 0.00000385. The summed E-state index contributed by atoms with van der Waals surface area (Å²) < 4.78 is 5.50. The van der Waals surface area contributed by atoms with Crippen molar-refractivity contribution < 1.29 is 9.53 Å². The SMILES string of the molecule is CN=C(NCCCN1C(=O)COc2ccccc21)NCCC(C)N(C)Cc1ccccc1.I. The van der Waals surface area contributed by atoms with Crippen LogP contribution in [-0.2, 0) is 11.3 Å². The molecule has 1 heterocycles. The molecule has 1 atom stereocenters. The van der Waals surface area contributed by atoms with Gasteiger partial charge in [0.25, 0.3) is 5.91 Å². The average Bonchev–Trinajstić information content (AvgIpc) is 2.82. The van der Waals surface area contributed by atoms with E-state index in [0.29, 0.717) is 12.6 Å². The number of hydrogen-bond donors (Lipinski definition) is 2. The highest BCUT2D eigenvalue weighted by Crippen LogP contribution is 2.31. The van der Waals surface area contributed by atoms with Gasteiger partial charge in [-0.15, -0.1) is 24.0 Å². The van der Waals surface area contributed by atoms with Crippen molar-refractivity contribution in [2.45, 2.75) is 32.4 Å². The van der Waals surface area contributed by atoms with Crippen molar-refractivity contribution in [2.75, 3.05) is 45.2 Å². The Morgan fingerprint density at radius 3 is 2.58 bits per heavy atom. The van der Waals surface area contributed by atoms with Crippen LogP contribution in [0.4, 0.5) is 5.69 Å². The van der Waals surface area contributed by atoms with Crippen molar-refractivity contribution in [2.24, 2.45) is 4.99 Å². The fourth-order valence-corrected chi connectivity index (χ4v) is 3.71. The molecule has 3 rings (SSSR count). The number of amides is 1. The zero-order valence-electron chi connectivity index (χ0n) is 19.8. The summed E-state index contributed by atoms with van der Waals surface area (Å²) in [6, 6.07) is 18.7.